The van der Waals surface area contributed by atoms with Crippen LogP contribution in [0.2, 0.25) is 5.02 Å². The Bertz CT molecular complexity index is 1230. The van der Waals surface area contributed by atoms with Gasteiger partial charge in [0.05, 0.1) is 17.3 Å². The Balaban J connectivity index is 1.47. The van der Waals surface area contributed by atoms with Gasteiger partial charge in [-0.15, -0.1) is 0 Å². The van der Waals surface area contributed by atoms with Gasteiger partial charge in [0, 0.05) is 41.8 Å². The van der Waals surface area contributed by atoms with E-state index in [0.29, 0.717) is 40.8 Å². The highest BCUT2D eigenvalue weighted by atomic mass is 35.5. The van der Waals surface area contributed by atoms with Crippen molar-refractivity contribution in [3.05, 3.63) is 76.0 Å². The zero-order valence-electron chi connectivity index (χ0n) is 16.6. The molecule has 0 fully saturated rings. The van der Waals surface area contributed by atoms with Crippen molar-refractivity contribution in [3.63, 3.8) is 0 Å². The van der Waals surface area contributed by atoms with Crippen LogP contribution >= 0.6 is 11.6 Å². The average Bonchev–Trinajstić information content (AvgIpc) is 3.08. The van der Waals surface area contributed by atoms with Crippen molar-refractivity contribution in [3.8, 4) is 0 Å². The molecule has 0 bridgehead atoms. The van der Waals surface area contributed by atoms with Gasteiger partial charge in [-0.3, -0.25) is 14.5 Å². The summed E-state index contributed by atoms with van der Waals surface area (Å²) < 4.78 is 1.73. The molecule has 0 radical (unpaired) electrons. The normalized spacial score (nSPS) is 11.0. The second-order valence-corrected chi connectivity index (χ2v) is 7.48. The van der Waals surface area contributed by atoms with Crippen LogP contribution < -0.4 is 11.1 Å². The molecular weight excluding hydrogens is 402 g/mol. The van der Waals surface area contributed by atoms with Gasteiger partial charge in [-0.2, -0.15) is 5.10 Å². The van der Waals surface area contributed by atoms with Crippen LogP contribution in [0, 0.1) is 13.8 Å². The number of amides is 1. The summed E-state index contributed by atoms with van der Waals surface area (Å²) >= 11 is 5.98. The Morgan fingerprint density at radius 1 is 1.23 bits per heavy atom. The van der Waals surface area contributed by atoms with E-state index in [2.05, 4.69) is 25.4 Å². The predicted molar refractivity (Wildman–Crippen MR) is 115 cm³/mol. The molecule has 0 atom stereocenters. The van der Waals surface area contributed by atoms with Gasteiger partial charge >= 0.3 is 0 Å². The SMILES string of the molecule is Cc1cc(N)nc(C)c1CNC(=O)c1ccnc(Cn2cc3cc(Cl)cnc3n2)c1. The highest BCUT2D eigenvalue weighted by Crippen LogP contribution is 2.17. The first kappa shape index (κ1) is 19.8. The monoisotopic (exact) mass is 421 g/mol. The van der Waals surface area contributed by atoms with E-state index in [1.165, 1.54) is 0 Å². The maximum atomic E-state index is 12.7. The van der Waals surface area contributed by atoms with Gasteiger partial charge in [-0.05, 0) is 49.2 Å². The van der Waals surface area contributed by atoms with Crippen molar-refractivity contribution in [2.24, 2.45) is 0 Å². The number of carbonyl (C=O) groups is 1. The maximum absolute atomic E-state index is 12.7. The smallest absolute Gasteiger partial charge is 0.251 e. The lowest BCUT2D eigenvalue weighted by Gasteiger charge is -2.12. The van der Waals surface area contributed by atoms with Crippen molar-refractivity contribution in [2.45, 2.75) is 26.9 Å². The maximum Gasteiger partial charge on any atom is 0.251 e. The second kappa shape index (κ2) is 8.08. The molecule has 0 saturated heterocycles. The van der Waals surface area contributed by atoms with Gasteiger partial charge in [-0.25, -0.2) is 9.97 Å². The van der Waals surface area contributed by atoms with E-state index in [9.17, 15) is 4.79 Å². The van der Waals surface area contributed by atoms with E-state index in [1.807, 2.05) is 20.0 Å². The molecule has 0 saturated carbocycles. The number of hydrogen-bond acceptors (Lipinski definition) is 6. The number of nitrogens with zero attached hydrogens (tertiary/aromatic N) is 5. The molecule has 3 N–H and O–H groups in total. The fraction of sp³-hybridized carbons (Fsp3) is 0.190. The lowest BCUT2D eigenvalue weighted by molar-refractivity contribution is 0.0950. The molecule has 0 aromatic carbocycles. The standard InChI is InChI=1S/C21H20ClN7O/c1-12-5-19(23)27-13(2)18(12)9-26-21(30)14-3-4-24-17(7-14)11-29-10-15-6-16(22)8-25-20(15)28-29/h3-8,10H,9,11H2,1-2H3,(H2,23,27)(H,26,30). The number of rotatable bonds is 5. The summed E-state index contributed by atoms with van der Waals surface area (Å²) in [4.78, 5) is 25.5. The Morgan fingerprint density at radius 3 is 2.87 bits per heavy atom. The Morgan fingerprint density at radius 2 is 2.07 bits per heavy atom. The lowest BCUT2D eigenvalue weighted by atomic mass is 10.1. The Hall–Kier alpha value is -3.52. The number of pyridine rings is 3. The zero-order chi connectivity index (χ0) is 21.3. The molecule has 8 nitrogen and oxygen atoms in total. The minimum absolute atomic E-state index is 0.187. The average molecular weight is 422 g/mol. The largest absolute Gasteiger partial charge is 0.384 e. The molecule has 0 aliphatic carbocycles. The minimum atomic E-state index is -0.187. The van der Waals surface area contributed by atoms with Crippen LogP contribution in [-0.2, 0) is 13.1 Å². The van der Waals surface area contributed by atoms with Gasteiger partial charge in [-0.1, -0.05) is 11.6 Å². The van der Waals surface area contributed by atoms with E-state index in [4.69, 9.17) is 17.3 Å². The number of hydrogen-bond donors (Lipinski definition) is 2. The number of aryl methyl sites for hydroxylation is 2. The van der Waals surface area contributed by atoms with Crippen molar-refractivity contribution in [1.82, 2.24) is 30.0 Å². The molecule has 0 unspecified atom stereocenters. The zero-order valence-corrected chi connectivity index (χ0v) is 17.3. The fourth-order valence-electron chi connectivity index (χ4n) is 3.32. The van der Waals surface area contributed by atoms with Gasteiger partial charge < -0.3 is 11.1 Å². The number of anilines is 1. The molecular formula is C21H20ClN7O. The van der Waals surface area contributed by atoms with Gasteiger partial charge in [0.1, 0.15) is 5.82 Å². The number of carbonyl (C=O) groups excluding carboxylic acids is 1. The third-order valence-corrected chi connectivity index (χ3v) is 4.98. The highest BCUT2D eigenvalue weighted by molar-refractivity contribution is 6.31. The number of nitrogens with two attached hydrogens (primary N) is 1. The summed E-state index contributed by atoms with van der Waals surface area (Å²) in [6.07, 6.45) is 5.02. The number of fused-ring (bicyclic) bond motifs is 1. The summed E-state index contributed by atoms with van der Waals surface area (Å²) in [5.41, 5.74) is 10.4. The summed E-state index contributed by atoms with van der Waals surface area (Å²) in [5, 5.41) is 8.76. The first-order valence-corrected chi connectivity index (χ1v) is 9.71. The van der Waals surface area contributed by atoms with Gasteiger partial charge in [0.2, 0.25) is 0 Å². The van der Waals surface area contributed by atoms with Crippen LogP contribution in [0.3, 0.4) is 0 Å². The first-order valence-electron chi connectivity index (χ1n) is 9.33. The van der Waals surface area contributed by atoms with Crippen LogP contribution in [0.4, 0.5) is 5.82 Å². The van der Waals surface area contributed by atoms with Crippen molar-refractivity contribution in [2.75, 3.05) is 5.73 Å². The molecule has 0 aliphatic heterocycles. The number of aromatic nitrogens is 5. The number of halogens is 1. The Kier molecular flexibility index (Phi) is 5.33. The molecule has 4 heterocycles. The summed E-state index contributed by atoms with van der Waals surface area (Å²) in [5.74, 6) is 0.288. The van der Waals surface area contributed by atoms with Crippen molar-refractivity contribution < 1.29 is 4.79 Å². The van der Waals surface area contributed by atoms with Crippen LogP contribution in [-0.4, -0.2) is 30.6 Å². The van der Waals surface area contributed by atoms with E-state index in [0.717, 1.165) is 22.2 Å². The van der Waals surface area contributed by atoms with E-state index < -0.39 is 0 Å². The second-order valence-electron chi connectivity index (χ2n) is 7.04. The molecule has 9 heteroatoms. The molecule has 4 aromatic rings. The van der Waals surface area contributed by atoms with Crippen LogP contribution in [0.1, 0.15) is 32.9 Å². The van der Waals surface area contributed by atoms with E-state index >= 15 is 0 Å². The van der Waals surface area contributed by atoms with Crippen molar-refractivity contribution >= 4 is 34.4 Å². The molecule has 0 spiro atoms. The highest BCUT2D eigenvalue weighted by Gasteiger charge is 2.11. The van der Waals surface area contributed by atoms with Crippen LogP contribution in [0.25, 0.3) is 11.0 Å². The summed E-state index contributed by atoms with van der Waals surface area (Å²) in [6, 6.07) is 7.04. The lowest BCUT2D eigenvalue weighted by Crippen LogP contribution is -2.24. The van der Waals surface area contributed by atoms with Crippen molar-refractivity contribution in [1.29, 1.82) is 0 Å². The third kappa shape index (κ3) is 4.23. The van der Waals surface area contributed by atoms with E-state index in [-0.39, 0.29) is 5.91 Å². The molecule has 152 valence electrons. The molecule has 0 aliphatic rings. The van der Waals surface area contributed by atoms with E-state index in [1.54, 1.807) is 41.3 Å². The predicted octanol–water partition coefficient (Wildman–Crippen LogP) is 3.05. The fourth-order valence-corrected chi connectivity index (χ4v) is 3.48. The quantitative estimate of drug-likeness (QED) is 0.512. The summed E-state index contributed by atoms with van der Waals surface area (Å²) in [6.45, 7) is 4.62. The van der Waals surface area contributed by atoms with Gasteiger partial charge in [0.25, 0.3) is 5.91 Å². The van der Waals surface area contributed by atoms with Gasteiger partial charge in [0.15, 0.2) is 5.65 Å². The molecule has 1 amide bonds. The molecule has 4 aromatic heterocycles. The van der Waals surface area contributed by atoms with Crippen LogP contribution in [0.15, 0.2) is 42.9 Å². The minimum Gasteiger partial charge on any atom is -0.384 e. The topological polar surface area (TPSA) is 112 Å². The molecule has 30 heavy (non-hydrogen) atoms. The summed E-state index contributed by atoms with van der Waals surface area (Å²) in [7, 11) is 0. The molecule has 4 rings (SSSR count). The number of nitrogens with one attached hydrogen (secondary N) is 1. The Labute approximate surface area is 178 Å². The first-order chi connectivity index (χ1) is 14.4. The van der Waals surface area contributed by atoms with Crippen LogP contribution in [0.5, 0.6) is 0 Å². The number of nitrogen functional groups attached to an aromatic ring is 1. The third-order valence-electron chi connectivity index (χ3n) is 4.78.